The summed E-state index contributed by atoms with van der Waals surface area (Å²) in [6, 6.07) is -0.141. The Labute approximate surface area is 124 Å². The van der Waals surface area contributed by atoms with Crippen LogP contribution in [0, 0.1) is 0 Å². The Morgan fingerprint density at radius 2 is 2.19 bits per heavy atom. The number of carbonyl (C=O) groups excluding carboxylic acids is 2. The maximum Gasteiger partial charge on any atom is 0.274 e. The Hall–Kier alpha value is -2.05. The fraction of sp³-hybridized carbons (Fsp3) is 0.643. The largest absolute Gasteiger partial charge is 0.395 e. The molecule has 21 heavy (non-hydrogen) atoms. The molecule has 1 aliphatic rings. The lowest BCUT2D eigenvalue weighted by Crippen LogP contribution is -2.42. The van der Waals surface area contributed by atoms with E-state index in [4.69, 9.17) is 5.73 Å². The first-order chi connectivity index (χ1) is 9.90. The number of likely N-dealkylation sites (tertiary alicyclic amines) is 1. The molecule has 2 amide bonds. The number of rotatable bonds is 5. The molecule has 0 saturated carbocycles. The first-order valence-corrected chi connectivity index (χ1v) is 7.32. The fourth-order valence-electron chi connectivity index (χ4n) is 2.54. The highest BCUT2D eigenvalue weighted by atomic mass is 16.2. The summed E-state index contributed by atoms with van der Waals surface area (Å²) in [6.07, 6.45) is 1.49. The highest BCUT2D eigenvalue weighted by Crippen LogP contribution is 2.22. The van der Waals surface area contributed by atoms with E-state index in [2.05, 4.69) is 15.5 Å². The second-order valence-electron chi connectivity index (χ2n) is 5.87. The molecule has 0 aliphatic carbocycles. The SMILES string of the molecule is CC(CN1CCCC1=O)NC(=O)c1n[nH]c(C(C)C)c1N. The van der Waals surface area contributed by atoms with Crippen LogP contribution in [-0.4, -0.2) is 46.0 Å². The van der Waals surface area contributed by atoms with Crippen LogP contribution in [0.5, 0.6) is 0 Å². The van der Waals surface area contributed by atoms with Gasteiger partial charge in [0.1, 0.15) is 0 Å². The predicted molar refractivity (Wildman–Crippen MR) is 79.8 cm³/mol. The molecule has 2 rings (SSSR count). The number of carbonyl (C=O) groups is 2. The molecule has 2 heterocycles. The smallest absolute Gasteiger partial charge is 0.274 e. The minimum atomic E-state index is -0.310. The van der Waals surface area contributed by atoms with Crippen LogP contribution in [0.25, 0.3) is 0 Å². The maximum absolute atomic E-state index is 12.2. The highest BCUT2D eigenvalue weighted by Gasteiger charge is 2.24. The summed E-state index contributed by atoms with van der Waals surface area (Å²) in [7, 11) is 0. The molecular formula is C14H23N5O2. The first-order valence-electron chi connectivity index (χ1n) is 7.32. The van der Waals surface area contributed by atoms with Crippen LogP contribution >= 0.6 is 0 Å². The monoisotopic (exact) mass is 293 g/mol. The van der Waals surface area contributed by atoms with Crippen LogP contribution in [0.2, 0.25) is 0 Å². The van der Waals surface area contributed by atoms with Crippen LogP contribution in [0.1, 0.15) is 55.7 Å². The molecule has 0 spiro atoms. The van der Waals surface area contributed by atoms with Crippen molar-refractivity contribution >= 4 is 17.5 Å². The summed E-state index contributed by atoms with van der Waals surface area (Å²) in [5.41, 5.74) is 7.33. The Morgan fingerprint density at radius 3 is 2.71 bits per heavy atom. The lowest BCUT2D eigenvalue weighted by atomic mass is 10.1. The molecule has 0 radical (unpaired) electrons. The average molecular weight is 293 g/mol. The number of nitrogens with zero attached hydrogens (tertiary/aromatic N) is 2. The van der Waals surface area contributed by atoms with Gasteiger partial charge in [-0.3, -0.25) is 14.7 Å². The van der Waals surface area contributed by atoms with Crippen molar-refractivity contribution in [2.24, 2.45) is 0 Å². The van der Waals surface area contributed by atoms with Gasteiger partial charge in [0.25, 0.3) is 5.91 Å². The quantitative estimate of drug-likeness (QED) is 0.748. The van der Waals surface area contributed by atoms with Gasteiger partial charge in [-0.25, -0.2) is 0 Å². The molecule has 1 fully saturated rings. The van der Waals surface area contributed by atoms with Crippen LogP contribution in [0.4, 0.5) is 5.69 Å². The van der Waals surface area contributed by atoms with Gasteiger partial charge in [-0.05, 0) is 19.3 Å². The van der Waals surface area contributed by atoms with E-state index in [0.29, 0.717) is 18.7 Å². The molecule has 1 unspecified atom stereocenters. The summed E-state index contributed by atoms with van der Waals surface area (Å²) >= 11 is 0. The molecule has 116 valence electrons. The third-order valence-electron chi connectivity index (χ3n) is 3.67. The molecule has 1 saturated heterocycles. The van der Waals surface area contributed by atoms with Crippen LogP contribution in [-0.2, 0) is 4.79 Å². The molecule has 1 aromatic heterocycles. The molecule has 0 aromatic carbocycles. The topological polar surface area (TPSA) is 104 Å². The molecule has 1 aliphatic heterocycles. The third kappa shape index (κ3) is 3.34. The van der Waals surface area contributed by atoms with E-state index in [1.807, 2.05) is 20.8 Å². The van der Waals surface area contributed by atoms with Crippen molar-refractivity contribution in [1.29, 1.82) is 0 Å². The summed E-state index contributed by atoms with van der Waals surface area (Å²) in [4.78, 5) is 25.5. The normalized spacial score (nSPS) is 16.6. The lowest BCUT2D eigenvalue weighted by Gasteiger charge is -2.21. The highest BCUT2D eigenvalue weighted by molar-refractivity contribution is 5.97. The van der Waals surface area contributed by atoms with Gasteiger partial charge in [0.05, 0.1) is 11.4 Å². The molecule has 7 heteroatoms. The van der Waals surface area contributed by atoms with Crippen molar-refractivity contribution < 1.29 is 9.59 Å². The molecular weight excluding hydrogens is 270 g/mol. The van der Waals surface area contributed by atoms with Crippen LogP contribution < -0.4 is 11.1 Å². The van der Waals surface area contributed by atoms with E-state index in [1.165, 1.54) is 0 Å². The predicted octanol–water partition coefficient (Wildman–Crippen LogP) is 0.856. The number of nitrogens with two attached hydrogens (primary N) is 1. The van der Waals surface area contributed by atoms with E-state index < -0.39 is 0 Å². The van der Waals surface area contributed by atoms with Crippen molar-refractivity contribution in [2.45, 2.75) is 45.6 Å². The minimum absolute atomic E-state index is 0.141. The number of nitrogens with one attached hydrogen (secondary N) is 2. The number of H-pyrrole nitrogens is 1. The van der Waals surface area contributed by atoms with Crippen molar-refractivity contribution in [2.75, 3.05) is 18.8 Å². The van der Waals surface area contributed by atoms with E-state index in [9.17, 15) is 9.59 Å². The Morgan fingerprint density at radius 1 is 1.48 bits per heavy atom. The molecule has 1 atom stereocenters. The summed E-state index contributed by atoms with van der Waals surface area (Å²) in [6.45, 7) is 7.11. The molecule has 1 aromatic rings. The van der Waals surface area contributed by atoms with Crippen LogP contribution in [0.15, 0.2) is 0 Å². The summed E-state index contributed by atoms with van der Waals surface area (Å²) in [5.74, 6) is 0.0194. The van der Waals surface area contributed by atoms with Crippen LogP contribution in [0.3, 0.4) is 0 Å². The van der Waals surface area contributed by atoms with Crippen molar-refractivity contribution in [3.63, 3.8) is 0 Å². The van der Waals surface area contributed by atoms with Crippen molar-refractivity contribution in [1.82, 2.24) is 20.4 Å². The Balaban J connectivity index is 1.96. The Kier molecular flexibility index (Phi) is 4.50. The number of aromatic nitrogens is 2. The van der Waals surface area contributed by atoms with Gasteiger partial charge in [-0.15, -0.1) is 0 Å². The molecule has 7 nitrogen and oxygen atoms in total. The number of nitrogen functional groups attached to an aromatic ring is 1. The Bertz CT molecular complexity index is 537. The van der Waals surface area contributed by atoms with Gasteiger partial charge in [0.2, 0.25) is 5.91 Å². The number of anilines is 1. The lowest BCUT2D eigenvalue weighted by molar-refractivity contribution is -0.127. The molecule has 4 N–H and O–H groups in total. The average Bonchev–Trinajstić information content (AvgIpc) is 2.96. The maximum atomic E-state index is 12.2. The van der Waals surface area contributed by atoms with Gasteiger partial charge in [-0.2, -0.15) is 5.10 Å². The van der Waals surface area contributed by atoms with Gasteiger partial charge < -0.3 is 16.0 Å². The van der Waals surface area contributed by atoms with Crippen molar-refractivity contribution in [3.8, 4) is 0 Å². The fourth-order valence-corrected chi connectivity index (χ4v) is 2.54. The zero-order chi connectivity index (χ0) is 15.6. The number of aromatic amines is 1. The third-order valence-corrected chi connectivity index (χ3v) is 3.67. The molecule has 0 bridgehead atoms. The minimum Gasteiger partial charge on any atom is -0.395 e. The van der Waals surface area contributed by atoms with Gasteiger partial charge in [0, 0.05) is 25.6 Å². The number of amides is 2. The zero-order valence-corrected chi connectivity index (χ0v) is 12.8. The van der Waals surface area contributed by atoms with E-state index in [0.717, 1.165) is 18.7 Å². The van der Waals surface area contributed by atoms with Crippen molar-refractivity contribution in [3.05, 3.63) is 11.4 Å². The van der Waals surface area contributed by atoms with E-state index in [1.54, 1.807) is 4.90 Å². The van der Waals surface area contributed by atoms with Gasteiger partial charge in [-0.1, -0.05) is 13.8 Å². The second kappa shape index (κ2) is 6.15. The van der Waals surface area contributed by atoms with E-state index in [-0.39, 0.29) is 29.5 Å². The standard InChI is InChI=1S/C14H23N5O2/c1-8(2)12-11(15)13(18-17-12)14(21)16-9(3)7-19-6-4-5-10(19)20/h8-9H,4-7,15H2,1-3H3,(H,16,21)(H,17,18). The zero-order valence-electron chi connectivity index (χ0n) is 12.8. The number of hydrogen-bond donors (Lipinski definition) is 3. The van der Waals surface area contributed by atoms with Gasteiger partial charge >= 0.3 is 0 Å². The number of hydrogen-bond acceptors (Lipinski definition) is 4. The first kappa shape index (κ1) is 15.3. The van der Waals surface area contributed by atoms with E-state index >= 15 is 0 Å². The second-order valence-corrected chi connectivity index (χ2v) is 5.87. The summed E-state index contributed by atoms with van der Waals surface area (Å²) in [5, 5.41) is 9.64. The van der Waals surface area contributed by atoms with Gasteiger partial charge in [0.15, 0.2) is 5.69 Å². The summed E-state index contributed by atoms with van der Waals surface area (Å²) < 4.78 is 0.